The number of aliphatic hydroxyl groups excluding tert-OH is 1. The van der Waals surface area contributed by atoms with Gasteiger partial charge >= 0.3 is 0 Å². The Bertz CT molecular complexity index is 613. The molecule has 1 N–H and O–H groups in total. The fraction of sp³-hybridized carbons (Fsp3) is 0.200. The van der Waals surface area contributed by atoms with E-state index >= 15 is 0 Å². The Kier molecular flexibility index (Phi) is 2.80. The fourth-order valence-electron chi connectivity index (χ4n) is 2.58. The van der Waals surface area contributed by atoms with Crippen LogP contribution in [0.5, 0.6) is 0 Å². The van der Waals surface area contributed by atoms with Gasteiger partial charge < -0.3 is 10.0 Å². The molecule has 4 heteroatoms. The Hall–Kier alpha value is -2.20. The maximum atomic E-state index is 12.1. The molecule has 0 radical (unpaired) electrons. The highest BCUT2D eigenvalue weighted by atomic mass is 16.3. The molecular formula is C15H14N2O2. The molecular weight excluding hydrogens is 240 g/mol. The van der Waals surface area contributed by atoms with Crippen LogP contribution >= 0.6 is 0 Å². The van der Waals surface area contributed by atoms with E-state index in [1.165, 1.54) is 0 Å². The van der Waals surface area contributed by atoms with Gasteiger partial charge in [-0.2, -0.15) is 0 Å². The van der Waals surface area contributed by atoms with Crippen molar-refractivity contribution < 1.29 is 9.90 Å². The molecule has 96 valence electrons. The monoisotopic (exact) mass is 254 g/mol. The molecule has 2 heterocycles. The SMILES string of the molecule is CN1C(=O)c2ccncc2[C@@H]1[C@H](O)c1ccccc1. The Morgan fingerprint density at radius 3 is 2.74 bits per heavy atom. The minimum Gasteiger partial charge on any atom is -0.386 e. The average Bonchev–Trinajstić information content (AvgIpc) is 2.72. The van der Waals surface area contributed by atoms with Crippen molar-refractivity contribution in [2.75, 3.05) is 7.05 Å². The molecule has 0 spiro atoms. The Morgan fingerprint density at radius 1 is 1.26 bits per heavy atom. The van der Waals surface area contributed by atoms with E-state index in [4.69, 9.17) is 0 Å². The van der Waals surface area contributed by atoms with Crippen molar-refractivity contribution >= 4 is 5.91 Å². The summed E-state index contributed by atoms with van der Waals surface area (Å²) >= 11 is 0. The number of hydrogen-bond acceptors (Lipinski definition) is 3. The Balaban J connectivity index is 2.04. The van der Waals surface area contributed by atoms with Crippen molar-refractivity contribution in [3.05, 3.63) is 65.5 Å². The largest absolute Gasteiger partial charge is 0.386 e. The topological polar surface area (TPSA) is 53.4 Å². The first-order valence-electron chi connectivity index (χ1n) is 6.14. The summed E-state index contributed by atoms with van der Waals surface area (Å²) in [5.41, 5.74) is 2.20. The minimum absolute atomic E-state index is 0.0719. The molecule has 3 rings (SSSR count). The smallest absolute Gasteiger partial charge is 0.254 e. The molecule has 0 bridgehead atoms. The van der Waals surface area contributed by atoms with Crippen molar-refractivity contribution in [2.24, 2.45) is 0 Å². The lowest BCUT2D eigenvalue weighted by atomic mass is 9.97. The van der Waals surface area contributed by atoms with Crippen molar-refractivity contribution in [2.45, 2.75) is 12.1 Å². The van der Waals surface area contributed by atoms with Gasteiger partial charge in [0.05, 0.1) is 6.04 Å². The third kappa shape index (κ3) is 1.81. The normalized spacial score (nSPS) is 19.4. The lowest BCUT2D eigenvalue weighted by Crippen LogP contribution is -2.27. The number of rotatable bonds is 2. The van der Waals surface area contributed by atoms with Gasteiger partial charge in [-0.3, -0.25) is 9.78 Å². The molecule has 0 saturated heterocycles. The molecule has 1 aliphatic heterocycles. The van der Waals surface area contributed by atoms with Crippen LogP contribution in [0.15, 0.2) is 48.8 Å². The number of pyridine rings is 1. The molecule has 2 aromatic rings. The predicted octanol–water partition coefficient (Wildman–Crippen LogP) is 1.94. The molecule has 0 saturated carbocycles. The van der Waals surface area contributed by atoms with Crippen LogP contribution in [0.1, 0.15) is 33.6 Å². The molecule has 2 atom stereocenters. The fourth-order valence-corrected chi connectivity index (χ4v) is 2.58. The molecule has 19 heavy (non-hydrogen) atoms. The molecule has 0 unspecified atom stereocenters. The first kappa shape index (κ1) is 11.9. The number of hydrogen-bond donors (Lipinski definition) is 1. The van der Waals surface area contributed by atoms with Gasteiger partial charge in [-0.1, -0.05) is 30.3 Å². The number of aliphatic hydroxyl groups is 1. The lowest BCUT2D eigenvalue weighted by Gasteiger charge is -2.26. The van der Waals surface area contributed by atoms with Gasteiger partial charge in [-0.05, 0) is 11.6 Å². The Labute approximate surface area is 111 Å². The van der Waals surface area contributed by atoms with E-state index in [1.807, 2.05) is 30.3 Å². The number of aromatic nitrogens is 1. The highest BCUT2D eigenvalue weighted by molar-refractivity contribution is 5.98. The second kappa shape index (κ2) is 4.48. The zero-order valence-corrected chi connectivity index (χ0v) is 10.5. The van der Waals surface area contributed by atoms with Gasteiger partial charge in [-0.15, -0.1) is 0 Å². The molecule has 1 aromatic carbocycles. The maximum absolute atomic E-state index is 12.1. The summed E-state index contributed by atoms with van der Waals surface area (Å²) in [5, 5.41) is 10.5. The van der Waals surface area contributed by atoms with E-state index in [0.717, 1.165) is 11.1 Å². The molecule has 0 aliphatic carbocycles. The number of fused-ring (bicyclic) bond motifs is 1. The zero-order chi connectivity index (χ0) is 13.4. The van der Waals surface area contributed by atoms with Crippen molar-refractivity contribution in [1.82, 2.24) is 9.88 Å². The standard InChI is InChI=1S/C15H14N2O2/c1-17-13(14(18)10-5-3-2-4-6-10)12-9-16-8-7-11(12)15(17)19/h2-9,13-14,18H,1H3/t13-,14-/m1/s1. The summed E-state index contributed by atoms with van der Waals surface area (Å²) in [6.45, 7) is 0. The second-order valence-electron chi connectivity index (χ2n) is 4.68. The molecule has 1 aliphatic rings. The quantitative estimate of drug-likeness (QED) is 0.891. The van der Waals surface area contributed by atoms with Crippen LogP contribution in [0.2, 0.25) is 0 Å². The highest BCUT2D eigenvalue weighted by Gasteiger charge is 2.39. The van der Waals surface area contributed by atoms with E-state index in [0.29, 0.717) is 5.56 Å². The van der Waals surface area contributed by atoms with Gasteiger partial charge in [0.2, 0.25) is 0 Å². The summed E-state index contributed by atoms with van der Waals surface area (Å²) in [4.78, 5) is 17.8. The van der Waals surface area contributed by atoms with Gasteiger partial charge in [0.15, 0.2) is 0 Å². The lowest BCUT2D eigenvalue weighted by molar-refractivity contribution is 0.0514. The second-order valence-corrected chi connectivity index (χ2v) is 4.68. The van der Waals surface area contributed by atoms with Gasteiger partial charge in [-0.25, -0.2) is 0 Å². The van der Waals surface area contributed by atoms with Gasteiger partial charge in [0.1, 0.15) is 6.10 Å². The third-order valence-corrected chi connectivity index (χ3v) is 3.58. The van der Waals surface area contributed by atoms with Crippen LogP contribution in [0, 0.1) is 0 Å². The summed E-state index contributed by atoms with van der Waals surface area (Å²) in [5.74, 6) is -0.0719. The average molecular weight is 254 g/mol. The van der Waals surface area contributed by atoms with Crippen LogP contribution in [-0.4, -0.2) is 27.9 Å². The first-order valence-corrected chi connectivity index (χ1v) is 6.14. The van der Waals surface area contributed by atoms with Crippen LogP contribution in [0.25, 0.3) is 0 Å². The first-order chi connectivity index (χ1) is 9.20. The van der Waals surface area contributed by atoms with E-state index in [-0.39, 0.29) is 11.9 Å². The summed E-state index contributed by atoms with van der Waals surface area (Å²) in [6, 6.07) is 10.7. The third-order valence-electron chi connectivity index (χ3n) is 3.58. The van der Waals surface area contributed by atoms with E-state index < -0.39 is 6.10 Å². The van der Waals surface area contributed by atoms with E-state index in [9.17, 15) is 9.90 Å². The number of carbonyl (C=O) groups is 1. The number of likely N-dealkylation sites (N-methyl/N-ethyl adjacent to an activating group) is 1. The number of benzene rings is 1. The zero-order valence-electron chi connectivity index (χ0n) is 10.5. The van der Waals surface area contributed by atoms with E-state index in [1.54, 1.807) is 30.4 Å². The number of carbonyl (C=O) groups excluding carboxylic acids is 1. The van der Waals surface area contributed by atoms with Crippen molar-refractivity contribution in [3.8, 4) is 0 Å². The summed E-state index contributed by atoms with van der Waals surface area (Å²) in [7, 11) is 1.71. The molecule has 1 amide bonds. The van der Waals surface area contributed by atoms with Crippen LogP contribution in [-0.2, 0) is 0 Å². The predicted molar refractivity (Wildman–Crippen MR) is 70.5 cm³/mol. The highest BCUT2D eigenvalue weighted by Crippen LogP contribution is 2.40. The summed E-state index contributed by atoms with van der Waals surface area (Å²) in [6.07, 6.45) is 2.51. The Morgan fingerprint density at radius 2 is 2.00 bits per heavy atom. The van der Waals surface area contributed by atoms with Crippen LogP contribution in [0.4, 0.5) is 0 Å². The van der Waals surface area contributed by atoms with Crippen LogP contribution in [0.3, 0.4) is 0 Å². The summed E-state index contributed by atoms with van der Waals surface area (Å²) < 4.78 is 0. The van der Waals surface area contributed by atoms with Gasteiger partial charge in [0, 0.05) is 30.6 Å². The minimum atomic E-state index is -0.749. The van der Waals surface area contributed by atoms with Gasteiger partial charge in [0.25, 0.3) is 5.91 Å². The molecule has 4 nitrogen and oxygen atoms in total. The molecule has 0 fully saturated rings. The maximum Gasteiger partial charge on any atom is 0.254 e. The molecule has 1 aromatic heterocycles. The van der Waals surface area contributed by atoms with Crippen LogP contribution < -0.4 is 0 Å². The van der Waals surface area contributed by atoms with Crippen molar-refractivity contribution in [1.29, 1.82) is 0 Å². The number of nitrogens with zero attached hydrogens (tertiary/aromatic N) is 2. The number of amides is 1. The van der Waals surface area contributed by atoms with E-state index in [2.05, 4.69) is 4.98 Å². The van der Waals surface area contributed by atoms with Crippen molar-refractivity contribution in [3.63, 3.8) is 0 Å².